The molecule has 0 fully saturated rings. The van der Waals surface area contributed by atoms with Crippen molar-refractivity contribution in [2.45, 2.75) is 19.5 Å². The van der Waals surface area contributed by atoms with Gasteiger partial charge in [0, 0.05) is 17.6 Å². The minimum Gasteiger partial charge on any atom is -0.306 e. The highest BCUT2D eigenvalue weighted by Crippen LogP contribution is 2.22. The molecule has 2 aromatic rings. The molecule has 0 bridgehead atoms. The third-order valence-electron chi connectivity index (χ3n) is 3.03. The predicted molar refractivity (Wildman–Crippen MR) is 73.0 cm³/mol. The average Bonchev–Trinajstić information content (AvgIpc) is 2.42. The quantitative estimate of drug-likeness (QED) is 0.813. The van der Waals surface area contributed by atoms with Gasteiger partial charge in [-0.05, 0) is 36.2 Å². The molecule has 0 amide bonds. The molecule has 0 saturated heterocycles. The number of benzene rings is 2. The Balaban J connectivity index is 2.07. The van der Waals surface area contributed by atoms with E-state index in [1.54, 1.807) is 6.07 Å². The lowest BCUT2D eigenvalue weighted by Crippen LogP contribution is -2.18. The molecule has 0 heterocycles. The Morgan fingerprint density at radius 2 is 1.70 bits per heavy atom. The number of hydrogen-bond donors (Lipinski definition) is 1. The van der Waals surface area contributed by atoms with Gasteiger partial charge >= 0.3 is 0 Å². The van der Waals surface area contributed by atoms with E-state index in [1.807, 2.05) is 25.1 Å². The van der Waals surface area contributed by atoms with E-state index in [0.717, 1.165) is 17.7 Å². The fourth-order valence-corrected chi connectivity index (χ4v) is 2.22. The summed E-state index contributed by atoms with van der Waals surface area (Å²) in [6.45, 7) is 2.10. The zero-order valence-electron chi connectivity index (χ0n) is 10.8. The van der Waals surface area contributed by atoms with Crippen molar-refractivity contribution in [2.24, 2.45) is 0 Å². The third-order valence-corrected chi connectivity index (χ3v) is 3.37. The zero-order chi connectivity index (χ0) is 14.7. The van der Waals surface area contributed by atoms with Crippen LogP contribution in [0, 0.1) is 17.5 Å². The first-order valence-electron chi connectivity index (χ1n) is 6.10. The summed E-state index contributed by atoms with van der Waals surface area (Å²) in [5.41, 5.74) is 1.22. The molecular weight excluding hydrogens is 287 g/mol. The maximum absolute atomic E-state index is 13.1. The largest absolute Gasteiger partial charge is 0.306 e. The van der Waals surface area contributed by atoms with Crippen LogP contribution in [0.1, 0.15) is 24.1 Å². The van der Waals surface area contributed by atoms with E-state index in [1.165, 1.54) is 0 Å². The molecule has 0 radical (unpaired) electrons. The van der Waals surface area contributed by atoms with Crippen molar-refractivity contribution in [3.05, 3.63) is 70.0 Å². The van der Waals surface area contributed by atoms with Crippen molar-refractivity contribution in [1.82, 2.24) is 5.32 Å². The molecule has 0 aliphatic carbocycles. The van der Waals surface area contributed by atoms with Gasteiger partial charge in [-0.3, -0.25) is 0 Å². The molecule has 5 heteroatoms. The second-order valence-corrected chi connectivity index (χ2v) is 4.90. The number of rotatable bonds is 4. The van der Waals surface area contributed by atoms with Gasteiger partial charge in [0.1, 0.15) is 0 Å². The Bertz CT molecular complexity index is 593. The van der Waals surface area contributed by atoms with Crippen molar-refractivity contribution >= 4 is 11.6 Å². The van der Waals surface area contributed by atoms with Gasteiger partial charge in [0.15, 0.2) is 17.5 Å². The van der Waals surface area contributed by atoms with Gasteiger partial charge in [0.05, 0.1) is 0 Å². The van der Waals surface area contributed by atoms with Crippen LogP contribution in [-0.2, 0) is 6.54 Å². The normalized spacial score (nSPS) is 12.4. The summed E-state index contributed by atoms with van der Waals surface area (Å²) in [5.74, 6) is -3.83. The molecule has 0 aliphatic rings. The van der Waals surface area contributed by atoms with Crippen molar-refractivity contribution in [1.29, 1.82) is 0 Å². The summed E-state index contributed by atoms with van der Waals surface area (Å²) in [7, 11) is 0. The second kappa shape index (κ2) is 6.29. The summed E-state index contributed by atoms with van der Waals surface area (Å²) in [5, 5.41) is 3.70. The highest BCUT2D eigenvalue weighted by Gasteiger charge is 2.12. The van der Waals surface area contributed by atoms with Crippen molar-refractivity contribution in [2.75, 3.05) is 0 Å². The fraction of sp³-hybridized carbons (Fsp3) is 0.200. The first kappa shape index (κ1) is 14.9. The lowest BCUT2D eigenvalue weighted by molar-refractivity contribution is 0.443. The van der Waals surface area contributed by atoms with Crippen molar-refractivity contribution < 1.29 is 13.2 Å². The minimum absolute atomic E-state index is 0.0973. The van der Waals surface area contributed by atoms with Crippen LogP contribution in [0.15, 0.2) is 36.4 Å². The summed E-state index contributed by atoms with van der Waals surface area (Å²) < 4.78 is 39.0. The molecule has 2 rings (SSSR count). The van der Waals surface area contributed by atoms with Crippen LogP contribution in [0.5, 0.6) is 0 Å². The molecule has 0 unspecified atom stereocenters. The van der Waals surface area contributed by atoms with Gasteiger partial charge in [-0.2, -0.15) is 0 Å². The fourth-order valence-electron chi connectivity index (χ4n) is 1.92. The molecular formula is C15H13ClF3N. The molecule has 2 aromatic carbocycles. The van der Waals surface area contributed by atoms with Crippen LogP contribution >= 0.6 is 11.6 Å². The van der Waals surface area contributed by atoms with E-state index in [4.69, 9.17) is 11.6 Å². The van der Waals surface area contributed by atoms with Gasteiger partial charge in [-0.1, -0.05) is 29.8 Å². The van der Waals surface area contributed by atoms with E-state index in [9.17, 15) is 13.2 Å². The summed E-state index contributed by atoms with van der Waals surface area (Å²) in [6.07, 6.45) is 0. The summed E-state index contributed by atoms with van der Waals surface area (Å²) >= 11 is 6.06. The van der Waals surface area contributed by atoms with Crippen LogP contribution in [0.4, 0.5) is 13.2 Å². The first-order valence-corrected chi connectivity index (χ1v) is 6.48. The lowest BCUT2D eigenvalue weighted by atomic mass is 10.1. The van der Waals surface area contributed by atoms with Gasteiger partial charge < -0.3 is 5.32 Å². The molecule has 1 atom stereocenters. The topological polar surface area (TPSA) is 12.0 Å². The van der Waals surface area contributed by atoms with Crippen molar-refractivity contribution in [3.8, 4) is 0 Å². The van der Waals surface area contributed by atoms with Crippen LogP contribution in [0.3, 0.4) is 0 Å². The Morgan fingerprint density at radius 1 is 1.10 bits per heavy atom. The predicted octanol–water partition coefficient (Wildman–Crippen LogP) is 4.61. The first-order chi connectivity index (χ1) is 9.49. The van der Waals surface area contributed by atoms with Gasteiger partial charge in [-0.25, -0.2) is 13.2 Å². The summed E-state index contributed by atoms with van der Waals surface area (Å²) in [6, 6.07) is 9.17. The average molecular weight is 300 g/mol. The SMILES string of the molecule is C[C@H](NCc1cc(F)c(F)c(F)c1)c1ccccc1Cl. The maximum atomic E-state index is 13.1. The molecule has 1 N–H and O–H groups in total. The number of halogens is 4. The van der Waals surface area contributed by atoms with Gasteiger partial charge in [-0.15, -0.1) is 0 Å². The molecule has 0 saturated carbocycles. The molecule has 106 valence electrons. The molecule has 0 spiro atoms. The smallest absolute Gasteiger partial charge is 0.194 e. The Hall–Kier alpha value is -1.52. The van der Waals surface area contributed by atoms with Crippen molar-refractivity contribution in [3.63, 3.8) is 0 Å². The van der Waals surface area contributed by atoms with Crippen LogP contribution in [-0.4, -0.2) is 0 Å². The van der Waals surface area contributed by atoms with Crippen LogP contribution < -0.4 is 5.32 Å². The standard InChI is InChI=1S/C15H13ClF3N/c1-9(11-4-2-3-5-12(11)16)20-8-10-6-13(17)15(19)14(18)7-10/h2-7,9,20H,8H2,1H3/t9-/m0/s1. The Morgan fingerprint density at radius 3 is 2.30 bits per heavy atom. The molecule has 0 aromatic heterocycles. The monoisotopic (exact) mass is 299 g/mol. The molecule has 20 heavy (non-hydrogen) atoms. The zero-order valence-corrected chi connectivity index (χ0v) is 11.5. The third kappa shape index (κ3) is 3.32. The lowest BCUT2D eigenvalue weighted by Gasteiger charge is -2.16. The molecule has 1 nitrogen and oxygen atoms in total. The van der Waals surface area contributed by atoms with Crippen LogP contribution in [0.2, 0.25) is 5.02 Å². The Kier molecular flexibility index (Phi) is 4.68. The second-order valence-electron chi connectivity index (χ2n) is 4.50. The number of nitrogens with one attached hydrogen (secondary N) is 1. The van der Waals surface area contributed by atoms with E-state index in [-0.39, 0.29) is 12.6 Å². The van der Waals surface area contributed by atoms with E-state index in [0.29, 0.717) is 10.6 Å². The van der Waals surface area contributed by atoms with Gasteiger partial charge in [0.25, 0.3) is 0 Å². The molecule has 0 aliphatic heterocycles. The highest BCUT2D eigenvalue weighted by molar-refractivity contribution is 6.31. The minimum atomic E-state index is -1.45. The number of hydrogen-bond acceptors (Lipinski definition) is 1. The highest BCUT2D eigenvalue weighted by atomic mass is 35.5. The van der Waals surface area contributed by atoms with E-state index >= 15 is 0 Å². The Labute approximate surface area is 120 Å². The van der Waals surface area contributed by atoms with Gasteiger partial charge in [0.2, 0.25) is 0 Å². The summed E-state index contributed by atoms with van der Waals surface area (Å²) in [4.78, 5) is 0. The van der Waals surface area contributed by atoms with E-state index < -0.39 is 17.5 Å². The van der Waals surface area contributed by atoms with Crippen LogP contribution in [0.25, 0.3) is 0 Å². The maximum Gasteiger partial charge on any atom is 0.194 e. The van der Waals surface area contributed by atoms with E-state index in [2.05, 4.69) is 5.32 Å².